The van der Waals surface area contributed by atoms with Crippen LogP contribution in [0.15, 0.2) is 6.20 Å². The van der Waals surface area contributed by atoms with Gasteiger partial charge in [0.25, 0.3) is 0 Å². The van der Waals surface area contributed by atoms with Gasteiger partial charge in [0.1, 0.15) is 11.5 Å². The van der Waals surface area contributed by atoms with Crippen LogP contribution in [0, 0.1) is 6.92 Å². The zero-order valence-electron chi connectivity index (χ0n) is 9.24. The van der Waals surface area contributed by atoms with Crippen LogP contribution in [0.1, 0.15) is 16.3 Å². The van der Waals surface area contributed by atoms with Crippen molar-refractivity contribution in [1.82, 2.24) is 9.55 Å². The zero-order valence-corrected chi connectivity index (χ0v) is 9.24. The Kier molecular flexibility index (Phi) is 4.11. The van der Waals surface area contributed by atoms with Crippen LogP contribution in [0.2, 0.25) is 0 Å². The van der Waals surface area contributed by atoms with Crippen LogP contribution in [0.4, 0.5) is 13.2 Å². The maximum absolute atomic E-state index is 11.8. The lowest BCUT2D eigenvalue weighted by molar-refractivity contribution is -0.325. The number of carbonyl (C=O) groups is 1. The summed E-state index contributed by atoms with van der Waals surface area (Å²) in [6, 6.07) is 0. The molecule has 0 fully saturated rings. The molecule has 1 rings (SSSR count). The molecule has 1 heterocycles. The number of methoxy groups -OCH3 is 1. The second-order valence-corrected chi connectivity index (χ2v) is 3.13. The van der Waals surface area contributed by atoms with Crippen molar-refractivity contribution >= 4 is 5.97 Å². The van der Waals surface area contributed by atoms with Crippen LogP contribution in [0.5, 0.6) is 0 Å². The molecule has 0 aliphatic carbocycles. The number of rotatable bonds is 4. The molecule has 0 atom stereocenters. The van der Waals surface area contributed by atoms with Gasteiger partial charge in [0, 0.05) is 6.54 Å². The standard InChI is InChI=1S/C9H11F3N2O3/c1-6-13-5-7(8(15)16-2)14(6)3-4-17-9(10,11)12/h5H,3-4H2,1-2H3. The molecule has 0 aromatic carbocycles. The minimum atomic E-state index is -4.68. The highest BCUT2D eigenvalue weighted by atomic mass is 19.4. The summed E-state index contributed by atoms with van der Waals surface area (Å²) in [6.07, 6.45) is -3.44. The summed E-state index contributed by atoms with van der Waals surface area (Å²) in [5, 5.41) is 0. The van der Waals surface area contributed by atoms with Crippen LogP contribution in [0.3, 0.4) is 0 Å². The number of ether oxygens (including phenoxy) is 2. The predicted octanol–water partition coefficient (Wildman–Crippen LogP) is 1.51. The first-order chi connectivity index (χ1) is 7.85. The Morgan fingerprint density at radius 1 is 1.53 bits per heavy atom. The van der Waals surface area contributed by atoms with Crippen molar-refractivity contribution in [2.75, 3.05) is 13.7 Å². The lowest BCUT2D eigenvalue weighted by atomic mass is 10.4. The molecule has 0 N–H and O–H groups in total. The molecule has 0 aliphatic heterocycles. The molecular formula is C9H11F3N2O3. The van der Waals surface area contributed by atoms with Crippen molar-refractivity contribution in [3.05, 3.63) is 17.7 Å². The summed E-state index contributed by atoms with van der Waals surface area (Å²) in [5.41, 5.74) is 0.0933. The molecule has 8 heteroatoms. The highest BCUT2D eigenvalue weighted by Gasteiger charge is 2.29. The third-order valence-corrected chi connectivity index (χ3v) is 2.03. The van der Waals surface area contributed by atoms with Gasteiger partial charge in [-0.3, -0.25) is 4.74 Å². The number of nitrogens with zero attached hydrogens (tertiary/aromatic N) is 2. The number of hydrogen-bond acceptors (Lipinski definition) is 4. The van der Waals surface area contributed by atoms with Crippen LogP contribution < -0.4 is 0 Å². The number of esters is 1. The Labute approximate surface area is 95.1 Å². The maximum Gasteiger partial charge on any atom is 0.522 e. The van der Waals surface area contributed by atoms with Gasteiger partial charge in [-0.2, -0.15) is 0 Å². The summed E-state index contributed by atoms with van der Waals surface area (Å²) in [6.45, 7) is 0.848. The normalized spacial score (nSPS) is 11.6. The van der Waals surface area contributed by atoms with Crippen molar-refractivity contribution in [3.63, 3.8) is 0 Å². The largest absolute Gasteiger partial charge is 0.522 e. The average Bonchev–Trinajstić information content (AvgIpc) is 2.58. The third kappa shape index (κ3) is 3.74. The third-order valence-electron chi connectivity index (χ3n) is 2.03. The molecule has 0 saturated carbocycles. The van der Waals surface area contributed by atoms with E-state index in [9.17, 15) is 18.0 Å². The van der Waals surface area contributed by atoms with E-state index in [1.54, 1.807) is 6.92 Å². The molecule has 0 aliphatic rings. The van der Waals surface area contributed by atoms with Gasteiger partial charge < -0.3 is 9.30 Å². The minimum Gasteiger partial charge on any atom is -0.464 e. The fourth-order valence-electron chi connectivity index (χ4n) is 1.27. The van der Waals surface area contributed by atoms with Crippen LogP contribution in [-0.2, 0) is 16.0 Å². The molecule has 0 amide bonds. The van der Waals surface area contributed by atoms with E-state index in [-0.39, 0.29) is 12.2 Å². The highest BCUT2D eigenvalue weighted by Crippen LogP contribution is 2.16. The van der Waals surface area contributed by atoms with Gasteiger partial charge in [0.2, 0.25) is 0 Å². The lowest BCUT2D eigenvalue weighted by Gasteiger charge is -2.10. The molecular weight excluding hydrogens is 241 g/mol. The Balaban J connectivity index is 2.70. The molecule has 96 valence electrons. The number of aryl methyl sites for hydroxylation is 1. The van der Waals surface area contributed by atoms with E-state index in [0.717, 1.165) is 0 Å². The van der Waals surface area contributed by atoms with Crippen molar-refractivity contribution < 1.29 is 27.4 Å². The monoisotopic (exact) mass is 252 g/mol. The van der Waals surface area contributed by atoms with E-state index in [4.69, 9.17) is 0 Å². The Morgan fingerprint density at radius 2 is 2.18 bits per heavy atom. The second-order valence-electron chi connectivity index (χ2n) is 3.13. The van der Waals surface area contributed by atoms with E-state index < -0.39 is 18.9 Å². The van der Waals surface area contributed by atoms with Crippen molar-refractivity contribution in [3.8, 4) is 0 Å². The smallest absolute Gasteiger partial charge is 0.464 e. The van der Waals surface area contributed by atoms with E-state index in [1.807, 2.05) is 0 Å². The average molecular weight is 252 g/mol. The van der Waals surface area contributed by atoms with Gasteiger partial charge in [-0.1, -0.05) is 0 Å². The first-order valence-electron chi connectivity index (χ1n) is 4.66. The fraction of sp³-hybridized carbons (Fsp3) is 0.556. The Bertz CT molecular complexity index is 401. The van der Waals surface area contributed by atoms with E-state index in [0.29, 0.717) is 5.82 Å². The molecule has 0 spiro atoms. The molecule has 0 saturated heterocycles. The number of alkyl halides is 3. The maximum atomic E-state index is 11.8. The van der Waals surface area contributed by atoms with Crippen LogP contribution in [0.25, 0.3) is 0 Å². The van der Waals surface area contributed by atoms with Crippen molar-refractivity contribution in [2.45, 2.75) is 19.8 Å². The Hall–Kier alpha value is -1.57. The molecule has 1 aromatic heterocycles. The van der Waals surface area contributed by atoms with Gasteiger partial charge in [0.15, 0.2) is 0 Å². The van der Waals surface area contributed by atoms with Crippen molar-refractivity contribution in [1.29, 1.82) is 0 Å². The van der Waals surface area contributed by atoms with Crippen LogP contribution >= 0.6 is 0 Å². The summed E-state index contributed by atoms with van der Waals surface area (Å²) in [5.74, 6) is -0.242. The Morgan fingerprint density at radius 3 is 2.71 bits per heavy atom. The minimum absolute atomic E-state index is 0.0933. The lowest BCUT2D eigenvalue weighted by Crippen LogP contribution is -2.20. The van der Waals surface area contributed by atoms with E-state index >= 15 is 0 Å². The topological polar surface area (TPSA) is 53.3 Å². The first kappa shape index (κ1) is 13.5. The summed E-state index contributed by atoms with van der Waals surface area (Å²) in [7, 11) is 1.18. The quantitative estimate of drug-likeness (QED) is 0.762. The predicted molar refractivity (Wildman–Crippen MR) is 50.3 cm³/mol. The number of hydrogen-bond donors (Lipinski definition) is 0. The highest BCUT2D eigenvalue weighted by molar-refractivity contribution is 5.87. The summed E-state index contributed by atoms with van der Waals surface area (Å²) in [4.78, 5) is 15.1. The first-order valence-corrected chi connectivity index (χ1v) is 4.66. The van der Waals surface area contributed by atoms with Gasteiger partial charge >= 0.3 is 12.3 Å². The van der Waals surface area contributed by atoms with Crippen molar-refractivity contribution in [2.24, 2.45) is 0 Å². The van der Waals surface area contributed by atoms with Gasteiger partial charge in [0.05, 0.1) is 19.9 Å². The van der Waals surface area contributed by atoms with E-state index in [1.165, 1.54) is 17.9 Å². The fourth-order valence-corrected chi connectivity index (χ4v) is 1.27. The van der Waals surface area contributed by atoms with E-state index in [2.05, 4.69) is 14.5 Å². The van der Waals surface area contributed by atoms with Crippen LogP contribution in [-0.4, -0.2) is 35.6 Å². The molecule has 17 heavy (non-hydrogen) atoms. The molecule has 0 unspecified atom stereocenters. The molecule has 0 radical (unpaired) electrons. The number of aromatic nitrogens is 2. The number of carbonyl (C=O) groups excluding carboxylic acids is 1. The van der Waals surface area contributed by atoms with Gasteiger partial charge in [-0.15, -0.1) is 13.2 Å². The summed E-state index contributed by atoms with van der Waals surface area (Å²) < 4.78 is 44.7. The molecule has 0 bridgehead atoms. The number of imidazole rings is 1. The SMILES string of the molecule is COC(=O)c1cnc(C)n1CCOC(F)(F)F. The van der Waals surface area contributed by atoms with Gasteiger partial charge in [-0.25, -0.2) is 9.78 Å². The summed E-state index contributed by atoms with van der Waals surface area (Å²) >= 11 is 0. The zero-order chi connectivity index (χ0) is 13.1. The number of halogens is 3. The molecule has 5 nitrogen and oxygen atoms in total. The van der Waals surface area contributed by atoms with Gasteiger partial charge in [-0.05, 0) is 6.92 Å². The molecule has 1 aromatic rings. The second kappa shape index (κ2) is 5.17.